The Bertz CT molecular complexity index is 892. The summed E-state index contributed by atoms with van der Waals surface area (Å²) in [5.41, 5.74) is 1.67. The minimum absolute atomic E-state index is 0.214. The summed E-state index contributed by atoms with van der Waals surface area (Å²) in [5.74, 6) is -0.733. The number of imide groups is 1. The van der Waals surface area contributed by atoms with Gasteiger partial charge in [0.05, 0.1) is 25.5 Å². The molecule has 0 aliphatic carbocycles. The average Bonchev–Trinajstić information content (AvgIpc) is 2.71. The standard InChI is InChI=1S/C20H19NO6/c1-25-16-9-7-14(11-17(16)26-2)20(24)27-12-19(23)21-15-6-4-3-5-13(15)8-10-18(21)22/h3-7,9,11H,8,10,12H2,1-2H3. The molecule has 0 spiro atoms. The predicted molar refractivity (Wildman–Crippen MR) is 97.1 cm³/mol. The van der Waals surface area contributed by atoms with Crippen LogP contribution in [0.25, 0.3) is 0 Å². The van der Waals surface area contributed by atoms with Crippen molar-refractivity contribution in [1.82, 2.24) is 0 Å². The molecule has 0 N–H and O–H groups in total. The number of ether oxygens (including phenoxy) is 3. The van der Waals surface area contributed by atoms with Crippen LogP contribution in [-0.4, -0.2) is 38.6 Å². The zero-order chi connectivity index (χ0) is 19.4. The summed E-state index contributed by atoms with van der Waals surface area (Å²) >= 11 is 0. The molecule has 1 aliphatic heterocycles. The van der Waals surface area contributed by atoms with Crippen molar-refractivity contribution in [3.05, 3.63) is 53.6 Å². The number of aryl methyl sites for hydroxylation is 1. The van der Waals surface area contributed by atoms with Gasteiger partial charge in [-0.2, -0.15) is 0 Å². The normalized spacial score (nSPS) is 13.0. The summed E-state index contributed by atoms with van der Waals surface area (Å²) in [6.07, 6.45) is 0.830. The first-order valence-corrected chi connectivity index (χ1v) is 8.38. The van der Waals surface area contributed by atoms with E-state index in [1.807, 2.05) is 12.1 Å². The van der Waals surface area contributed by atoms with E-state index in [2.05, 4.69) is 0 Å². The lowest BCUT2D eigenvalue weighted by molar-refractivity contribution is -0.128. The number of anilines is 1. The molecule has 7 nitrogen and oxygen atoms in total. The molecular weight excluding hydrogens is 350 g/mol. The quantitative estimate of drug-likeness (QED) is 0.753. The number of benzene rings is 2. The maximum atomic E-state index is 12.5. The van der Waals surface area contributed by atoms with Gasteiger partial charge < -0.3 is 14.2 Å². The van der Waals surface area contributed by atoms with Gasteiger partial charge in [-0.15, -0.1) is 0 Å². The number of esters is 1. The van der Waals surface area contributed by atoms with Crippen LogP contribution >= 0.6 is 0 Å². The van der Waals surface area contributed by atoms with Gasteiger partial charge in [0.25, 0.3) is 5.91 Å². The van der Waals surface area contributed by atoms with Crippen LogP contribution in [0, 0.1) is 0 Å². The van der Waals surface area contributed by atoms with Gasteiger partial charge in [-0.3, -0.25) is 9.59 Å². The Hall–Kier alpha value is -3.35. The molecule has 2 amide bonds. The van der Waals surface area contributed by atoms with Gasteiger partial charge in [-0.25, -0.2) is 9.69 Å². The molecule has 1 heterocycles. The van der Waals surface area contributed by atoms with E-state index in [0.29, 0.717) is 23.6 Å². The first-order valence-electron chi connectivity index (χ1n) is 8.38. The monoisotopic (exact) mass is 369 g/mol. The fourth-order valence-corrected chi connectivity index (χ4v) is 2.94. The van der Waals surface area contributed by atoms with Crippen molar-refractivity contribution in [2.75, 3.05) is 25.7 Å². The highest BCUT2D eigenvalue weighted by Gasteiger charge is 2.29. The van der Waals surface area contributed by atoms with Crippen LogP contribution in [0.2, 0.25) is 0 Å². The largest absolute Gasteiger partial charge is 0.493 e. The fourth-order valence-electron chi connectivity index (χ4n) is 2.94. The molecule has 0 fully saturated rings. The van der Waals surface area contributed by atoms with Crippen LogP contribution in [0.3, 0.4) is 0 Å². The average molecular weight is 369 g/mol. The summed E-state index contributed by atoms with van der Waals surface area (Å²) in [4.78, 5) is 38.1. The molecule has 7 heteroatoms. The van der Waals surface area contributed by atoms with Crippen molar-refractivity contribution >= 4 is 23.5 Å². The Morgan fingerprint density at radius 2 is 1.74 bits per heavy atom. The first-order chi connectivity index (χ1) is 13.0. The summed E-state index contributed by atoms with van der Waals surface area (Å²) in [5, 5.41) is 0. The molecule has 0 atom stereocenters. The van der Waals surface area contributed by atoms with Crippen LogP contribution in [0.4, 0.5) is 5.69 Å². The van der Waals surface area contributed by atoms with Crippen LogP contribution in [0.5, 0.6) is 11.5 Å². The lowest BCUT2D eigenvalue weighted by Gasteiger charge is -2.27. The molecule has 27 heavy (non-hydrogen) atoms. The van der Waals surface area contributed by atoms with E-state index in [1.54, 1.807) is 18.2 Å². The maximum Gasteiger partial charge on any atom is 0.338 e. The van der Waals surface area contributed by atoms with E-state index >= 15 is 0 Å². The third kappa shape index (κ3) is 3.76. The van der Waals surface area contributed by atoms with Gasteiger partial charge in [-0.1, -0.05) is 18.2 Å². The number of amides is 2. The minimum atomic E-state index is -0.693. The predicted octanol–water partition coefficient (Wildman–Crippen LogP) is 2.37. The van der Waals surface area contributed by atoms with E-state index in [4.69, 9.17) is 14.2 Å². The number of carbonyl (C=O) groups excluding carboxylic acids is 3. The van der Waals surface area contributed by atoms with E-state index < -0.39 is 18.5 Å². The topological polar surface area (TPSA) is 82.1 Å². The molecule has 1 aliphatic rings. The van der Waals surface area contributed by atoms with Gasteiger partial charge in [-0.05, 0) is 36.2 Å². The van der Waals surface area contributed by atoms with Gasteiger partial charge in [0.2, 0.25) is 5.91 Å². The number of hydrogen-bond donors (Lipinski definition) is 0. The summed E-state index contributed by atoms with van der Waals surface area (Å²) in [6.45, 7) is -0.534. The second kappa shape index (κ2) is 7.90. The van der Waals surface area contributed by atoms with Crippen molar-refractivity contribution in [3.63, 3.8) is 0 Å². The van der Waals surface area contributed by atoms with E-state index in [0.717, 1.165) is 10.5 Å². The Kier molecular flexibility index (Phi) is 5.40. The lowest BCUT2D eigenvalue weighted by atomic mass is 10.0. The molecule has 0 bridgehead atoms. The smallest absolute Gasteiger partial charge is 0.338 e. The van der Waals surface area contributed by atoms with Crippen LogP contribution < -0.4 is 14.4 Å². The highest BCUT2D eigenvalue weighted by Crippen LogP contribution is 2.29. The van der Waals surface area contributed by atoms with E-state index in [-0.39, 0.29) is 17.9 Å². The zero-order valence-electron chi connectivity index (χ0n) is 15.1. The molecule has 0 saturated heterocycles. The van der Waals surface area contributed by atoms with Gasteiger partial charge in [0.1, 0.15) is 0 Å². The summed E-state index contributed by atoms with van der Waals surface area (Å²) < 4.78 is 15.4. The number of rotatable bonds is 5. The van der Waals surface area contributed by atoms with Gasteiger partial charge in [0.15, 0.2) is 18.1 Å². The van der Waals surface area contributed by atoms with Crippen LogP contribution in [0.1, 0.15) is 22.3 Å². The molecule has 0 unspecified atom stereocenters. The molecule has 2 aromatic rings. The second-order valence-electron chi connectivity index (χ2n) is 5.90. The van der Waals surface area contributed by atoms with E-state index in [1.165, 1.54) is 26.4 Å². The second-order valence-corrected chi connectivity index (χ2v) is 5.90. The molecule has 0 aromatic heterocycles. The third-order valence-corrected chi connectivity index (χ3v) is 4.29. The molecule has 140 valence electrons. The van der Waals surface area contributed by atoms with Crippen LogP contribution in [0.15, 0.2) is 42.5 Å². The molecular formula is C20H19NO6. The van der Waals surface area contributed by atoms with E-state index in [9.17, 15) is 14.4 Å². The summed E-state index contributed by atoms with van der Waals surface area (Å²) in [6, 6.07) is 11.7. The summed E-state index contributed by atoms with van der Waals surface area (Å²) in [7, 11) is 2.94. The molecule has 0 saturated carbocycles. The SMILES string of the molecule is COc1ccc(C(=O)OCC(=O)N2C(=O)CCc3ccccc32)cc1OC. The number of para-hydroxylation sites is 1. The molecule has 0 radical (unpaired) electrons. The van der Waals surface area contributed by atoms with Crippen molar-refractivity contribution < 1.29 is 28.6 Å². The number of hydrogen-bond acceptors (Lipinski definition) is 6. The minimum Gasteiger partial charge on any atom is -0.493 e. The number of carbonyl (C=O) groups is 3. The Morgan fingerprint density at radius 1 is 1.00 bits per heavy atom. The fraction of sp³-hybridized carbons (Fsp3) is 0.250. The Balaban J connectivity index is 1.71. The lowest BCUT2D eigenvalue weighted by Crippen LogP contribution is -2.42. The first kappa shape index (κ1) is 18.4. The highest BCUT2D eigenvalue weighted by molar-refractivity contribution is 6.17. The van der Waals surface area contributed by atoms with Crippen molar-refractivity contribution in [3.8, 4) is 11.5 Å². The number of fused-ring (bicyclic) bond motifs is 1. The van der Waals surface area contributed by atoms with Crippen molar-refractivity contribution in [1.29, 1.82) is 0 Å². The van der Waals surface area contributed by atoms with Crippen molar-refractivity contribution in [2.45, 2.75) is 12.8 Å². The van der Waals surface area contributed by atoms with Crippen molar-refractivity contribution in [2.24, 2.45) is 0 Å². The number of nitrogens with zero attached hydrogens (tertiary/aromatic N) is 1. The highest BCUT2D eigenvalue weighted by atomic mass is 16.5. The number of methoxy groups -OCH3 is 2. The molecule has 3 rings (SSSR count). The third-order valence-electron chi connectivity index (χ3n) is 4.29. The van der Waals surface area contributed by atoms with Gasteiger partial charge in [0, 0.05) is 6.42 Å². The Labute approximate surface area is 156 Å². The maximum absolute atomic E-state index is 12.5. The van der Waals surface area contributed by atoms with Gasteiger partial charge >= 0.3 is 5.97 Å². The van der Waals surface area contributed by atoms with Crippen LogP contribution in [-0.2, 0) is 20.7 Å². The molecule has 2 aromatic carbocycles. The zero-order valence-corrected chi connectivity index (χ0v) is 15.1. The Morgan fingerprint density at radius 3 is 2.48 bits per heavy atom.